The van der Waals surface area contributed by atoms with Gasteiger partial charge < -0.3 is 10.6 Å². The van der Waals surface area contributed by atoms with Crippen LogP contribution in [0.15, 0.2) is 6.07 Å². The van der Waals surface area contributed by atoms with Crippen molar-refractivity contribution in [1.82, 2.24) is 5.32 Å². The smallest absolute Gasteiger partial charge is 0.235 e. The number of hydrogen-bond acceptors (Lipinski definition) is 2. The number of benzene rings is 1. The predicted octanol–water partition coefficient (Wildman–Crippen LogP) is 2.43. The van der Waals surface area contributed by atoms with Crippen molar-refractivity contribution in [2.75, 3.05) is 11.2 Å². The van der Waals surface area contributed by atoms with Crippen molar-refractivity contribution < 1.29 is 9.59 Å². The number of amides is 2. The molecule has 2 amide bonds. The molecule has 19 heavy (non-hydrogen) atoms. The van der Waals surface area contributed by atoms with Gasteiger partial charge in [0, 0.05) is 19.2 Å². The summed E-state index contributed by atoms with van der Waals surface area (Å²) < 4.78 is 0. The molecule has 0 atom stereocenters. The summed E-state index contributed by atoms with van der Waals surface area (Å²) in [6.07, 6.45) is 0. The van der Waals surface area contributed by atoms with Crippen molar-refractivity contribution in [3.8, 4) is 0 Å². The number of nitrogens with one attached hydrogen (secondary N) is 2. The molecule has 4 nitrogen and oxygen atoms in total. The number of anilines is 1. The van der Waals surface area contributed by atoms with Crippen LogP contribution >= 0.6 is 11.6 Å². The molecule has 1 rings (SSSR count). The molecule has 0 saturated carbocycles. The maximum Gasteiger partial charge on any atom is 0.235 e. The third-order valence-electron chi connectivity index (χ3n) is 3.02. The summed E-state index contributed by atoms with van der Waals surface area (Å²) >= 11 is 5.45. The first-order chi connectivity index (χ1) is 8.86. The second kappa shape index (κ2) is 6.57. The molecule has 0 radical (unpaired) electrons. The van der Waals surface area contributed by atoms with Gasteiger partial charge in [0.05, 0.1) is 0 Å². The van der Waals surface area contributed by atoms with Crippen LogP contribution in [0.1, 0.15) is 29.2 Å². The van der Waals surface area contributed by atoms with E-state index in [1.54, 1.807) is 0 Å². The topological polar surface area (TPSA) is 58.2 Å². The lowest BCUT2D eigenvalue weighted by Gasteiger charge is -2.17. The Kier molecular flexibility index (Phi) is 5.36. The average Bonchev–Trinajstić information content (AvgIpc) is 2.33. The number of rotatable bonds is 4. The monoisotopic (exact) mass is 282 g/mol. The Labute approximate surface area is 118 Å². The van der Waals surface area contributed by atoms with Crippen LogP contribution in [-0.2, 0) is 16.1 Å². The Balaban J connectivity index is 3.10. The van der Waals surface area contributed by atoms with Gasteiger partial charge in [0.2, 0.25) is 11.8 Å². The molecule has 5 heteroatoms. The van der Waals surface area contributed by atoms with Crippen LogP contribution in [0.25, 0.3) is 0 Å². The third kappa shape index (κ3) is 3.96. The van der Waals surface area contributed by atoms with Gasteiger partial charge >= 0.3 is 0 Å². The normalized spacial score (nSPS) is 10.2. The first-order valence-electron chi connectivity index (χ1n) is 6.06. The molecule has 104 valence electrons. The van der Waals surface area contributed by atoms with Gasteiger partial charge in [-0.15, -0.1) is 11.6 Å². The van der Waals surface area contributed by atoms with E-state index in [9.17, 15) is 9.59 Å². The van der Waals surface area contributed by atoms with Crippen molar-refractivity contribution in [1.29, 1.82) is 0 Å². The molecule has 1 aromatic carbocycles. The van der Waals surface area contributed by atoms with E-state index in [0.717, 1.165) is 27.9 Å². The Morgan fingerprint density at radius 1 is 1.21 bits per heavy atom. The van der Waals surface area contributed by atoms with Gasteiger partial charge in [0.1, 0.15) is 5.88 Å². The van der Waals surface area contributed by atoms with Crippen molar-refractivity contribution in [3.63, 3.8) is 0 Å². The number of carbonyl (C=O) groups excluding carboxylic acids is 2. The quantitative estimate of drug-likeness (QED) is 0.833. The second-order valence-corrected chi connectivity index (χ2v) is 4.85. The second-order valence-electron chi connectivity index (χ2n) is 4.58. The van der Waals surface area contributed by atoms with E-state index in [4.69, 9.17) is 11.6 Å². The highest BCUT2D eigenvalue weighted by atomic mass is 35.5. The van der Waals surface area contributed by atoms with Crippen molar-refractivity contribution in [2.45, 2.75) is 34.2 Å². The Morgan fingerprint density at radius 2 is 1.84 bits per heavy atom. The highest BCUT2D eigenvalue weighted by Crippen LogP contribution is 2.26. The zero-order valence-corrected chi connectivity index (χ0v) is 12.4. The first kappa shape index (κ1) is 15.5. The van der Waals surface area contributed by atoms with Crippen LogP contribution in [0.4, 0.5) is 5.69 Å². The SMILES string of the molecule is CC(=O)Nc1c(C)cc(C)c(CNC(=O)CCl)c1C. The number of halogens is 1. The van der Waals surface area contributed by atoms with Gasteiger partial charge in [-0.3, -0.25) is 9.59 Å². The molecule has 0 aromatic heterocycles. The minimum absolute atomic E-state index is 0.0531. The van der Waals surface area contributed by atoms with Gasteiger partial charge in [-0.1, -0.05) is 6.07 Å². The molecule has 0 fully saturated rings. The standard InChI is InChI=1S/C14H19ClN2O2/c1-8-5-9(2)14(17-11(4)18)10(3)12(8)7-16-13(19)6-15/h5H,6-7H2,1-4H3,(H,16,19)(H,17,18). The summed E-state index contributed by atoms with van der Waals surface area (Å²) in [5.41, 5.74) is 4.89. The number of hydrogen-bond donors (Lipinski definition) is 2. The largest absolute Gasteiger partial charge is 0.351 e. The van der Waals surface area contributed by atoms with E-state index >= 15 is 0 Å². The zero-order chi connectivity index (χ0) is 14.6. The highest BCUT2D eigenvalue weighted by Gasteiger charge is 2.12. The molecular weight excluding hydrogens is 264 g/mol. The van der Waals surface area contributed by atoms with Crippen LogP contribution in [-0.4, -0.2) is 17.7 Å². The van der Waals surface area contributed by atoms with Crippen LogP contribution in [0.2, 0.25) is 0 Å². The number of alkyl halides is 1. The molecule has 0 bridgehead atoms. The predicted molar refractivity (Wildman–Crippen MR) is 77.5 cm³/mol. The minimum atomic E-state index is -0.206. The van der Waals surface area contributed by atoms with E-state index in [1.807, 2.05) is 26.8 Å². The summed E-state index contributed by atoms with van der Waals surface area (Å²) in [4.78, 5) is 22.5. The van der Waals surface area contributed by atoms with Gasteiger partial charge in [-0.05, 0) is 43.0 Å². The van der Waals surface area contributed by atoms with E-state index in [1.165, 1.54) is 6.92 Å². The molecule has 0 saturated heterocycles. The van der Waals surface area contributed by atoms with Crippen LogP contribution in [0.3, 0.4) is 0 Å². The third-order valence-corrected chi connectivity index (χ3v) is 3.26. The van der Waals surface area contributed by atoms with Crippen molar-refractivity contribution in [2.24, 2.45) is 0 Å². The average molecular weight is 283 g/mol. The van der Waals surface area contributed by atoms with Crippen LogP contribution in [0.5, 0.6) is 0 Å². The fourth-order valence-electron chi connectivity index (χ4n) is 2.10. The van der Waals surface area contributed by atoms with E-state index < -0.39 is 0 Å². The van der Waals surface area contributed by atoms with Crippen LogP contribution in [0, 0.1) is 20.8 Å². The lowest BCUT2D eigenvalue weighted by atomic mass is 9.97. The number of aryl methyl sites for hydroxylation is 2. The van der Waals surface area contributed by atoms with Crippen molar-refractivity contribution >= 4 is 29.1 Å². The van der Waals surface area contributed by atoms with Gasteiger partial charge in [-0.2, -0.15) is 0 Å². The molecule has 2 N–H and O–H groups in total. The number of carbonyl (C=O) groups is 2. The lowest BCUT2D eigenvalue weighted by Crippen LogP contribution is -2.25. The Morgan fingerprint density at radius 3 is 2.37 bits per heavy atom. The molecule has 0 unspecified atom stereocenters. The van der Waals surface area contributed by atoms with E-state index in [0.29, 0.717) is 6.54 Å². The molecule has 0 aliphatic rings. The molecule has 0 heterocycles. The first-order valence-corrected chi connectivity index (χ1v) is 6.60. The molecule has 0 aliphatic carbocycles. The summed E-state index contributed by atoms with van der Waals surface area (Å²) in [7, 11) is 0. The molecule has 0 spiro atoms. The zero-order valence-electron chi connectivity index (χ0n) is 11.7. The summed E-state index contributed by atoms with van der Waals surface area (Å²) in [5, 5.41) is 5.58. The van der Waals surface area contributed by atoms with Gasteiger partial charge in [-0.25, -0.2) is 0 Å². The van der Waals surface area contributed by atoms with Crippen LogP contribution < -0.4 is 10.6 Å². The van der Waals surface area contributed by atoms with E-state index in [2.05, 4.69) is 10.6 Å². The highest BCUT2D eigenvalue weighted by molar-refractivity contribution is 6.27. The Bertz CT molecular complexity index is 513. The van der Waals surface area contributed by atoms with Gasteiger partial charge in [0.25, 0.3) is 0 Å². The fraction of sp³-hybridized carbons (Fsp3) is 0.429. The minimum Gasteiger partial charge on any atom is -0.351 e. The molecule has 0 aliphatic heterocycles. The fourth-order valence-corrected chi connectivity index (χ4v) is 2.20. The van der Waals surface area contributed by atoms with Gasteiger partial charge in [0.15, 0.2) is 0 Å². The lowest BCUT2D eigenvalue weighted by molar-refractivity contribution is -0.119. The van der Waals surface area contributed by atoms with Crippen molar-refractivity contribution in [3.05, 3.63) is 28.3 Å². The summed E-state index contributed by atoms with van der Waals surface area (Å²) in [6.45, 7) is 7.77. The summed E-state index contributed by atoms with van der Waals surface area (Å²) in [6, 6.07) is 2.00. The maximum atomic E-state index is 11.2. The molecular formula is C14H19ClN2O2. The maximum absolute atomic E-state index is 11.2. The Hall–Kier alpha value is -1.55. The molecule has 1 aromatic rings. The summed E-state index contributed by atoms with van der Waals surface area (Å²) in [5.74, 6) is -0.365. The van der Waals surface area contributed by atoms with E-state index in [-0.39, 0.29) is 17.7 Å².